The van der Waals surface area contributed by atoms with Gasteiger partial charge in [0.15, 0.2) is 0 Å². The predicted octanol–water partition coefficient (Wildman–Crippen LogP) is 4.44. The summed E-state index contributed by atoms with van der Waals surface area (Å²) in [6.07, 6.45) is 3.31. The van der Waals surface area contributed by atoms with Gasteiger partial charge in [-0.05, 0) is 36.8 Å². The van der Waals surface area contributed by atoms with Gasteiger partial charge in [0.2, 0.25) is 0 Å². The first-order valence-electron chi connectivity index (χ1n) is 6.20. The number of benzene rings is 2. The van der Waals surface area contributed by atoms with E-state index >= 15 is 0 Å². The number of rotatable bonds is 3. The van der Waals surface area contributed by atoms with E-state index in [1.165, 1.54) is 0 Å². The van der Waals surface area contributed by atoms with Crippen LogP contribution in [0.15, 0.2) is 54.7 Å². The Morgan fingerprint density at radius 1 is 1.10 bits per heavy atom. The molecule has 0 spiro atoms. The van der Waals surface area contributed by atoms with Crippen LogP contribution in [0.4, 0.5) is 10.5 Å². The third kappa shape index (κ3) is 4.14. The fraction of sp³-hybridized carbons (Fsp3) is 0.0625. The van der Waals surface area contributed by atoms with Gasteiger partial charge in [-0.3, -0.25) is 0 Å². The number of carbonyl (C=O) groups is 1. The van der Waals surface area contributed by atoms with Gasteiger partial charge >= 0.3 is 6.03 Å². The van der Waals surface area contributed by atoms with Crippen molar-refractivity contribution in [2.45, 2.75) is 6.92 Å². The molecule has 2 N–H and O–H groups in total. The van der Waals surface area contributed by atoms with Crippen LogP contribution in [0.25, 0.3) is 6.08 Å². The highest BCUT2D eigenvalue weighted by atomic mass is 35.5. The van der Waals surface area contributed by atoms with Crippen LogP contribution in [0.1, 0.15) is 11.1 Å². The molecule has 0 aliphatic rings. The first-order valence-corrected chi connectivity index (χ1v) is 6.58. The van der Waals surface area contributed by atoms with E-state index in [4.69, 9.17) is 11.6 Å². The van der Waals surface area contributed by atoms with Crippen LogP contribution in [-0.2, 0) is 0 Å². The third-order valence-corrected chi connectivity index (χ3v) is 3.04. The summed E-state index contributed by atoms with van der Waals surface area (Å²) in [6, 6.07) is 14.7. The summed E-state index contributed by atoms with van der Waals surface area (Å²) in [5.74, 6) is 0. The smallest absolute Gasteiger partial charge is 0.314 e. The molecule has 4 heteroatoms. The molecule has 2 rings (SSSR count). The van der Waals surface area contributed by atoms with Crippen molar-refractivity contribution in [2.75, 3.05) is 5.32 Å². The fourth-order valence-corrected chi connectivity index (χ4v) is 1.82. The maximum absolute atomic E-state index is 11.7. The number of carbonyl (C=O) groups excluding carboxylic acids is 1. The maximum atomic E-state index is 11.7. The average molecular weight is 287 g/mol. The second kappa shape index (κ2) is 6.78. The normalized spacial score (nSPS) is 10.5. The van der Waals surface area contributed by atoms with Gasteiger partial charge in [-0.25, -0.2) is 4.79 Å². The summed E-state index contributed by atoms with van der Waals surface area (Å²) in [5.41, 5.74) is 2.75. The van der Waals surface area contributed by atoms with Crippen molar-refractivity contribution in [3.05, 3.63) is 70.9 Å². The minimum absolute atomic E-state index is 0.294. The van der Waals surface area contributed by atoms with Gasteiger partial charge < -0.3 is 10.6 Å². The largest absolute Gasteiger partial charge is 0.323 e. The zero-order valence-electron chi connectivity index (χ0n) is 11.1. The van der Waals surface area contributed by atoms with Crippen LogP contribution in [0.3, 0.4) is 0 Å². The lowest BCUT2D eigenvalue weighted by Gasteiger charge is -2.04. The molecule has 3 nitrogen and oxygen atoms in total. The van der Waals surface area contributed by atoms with Crippen molar-refractivity contribution in [1.29, 1.82) is 0 Å². The number of halogens is 1. The molecular weight excluding hydrogens is 272 g/mol. The van der Waals surface area contributed by atoms with Gasteiger partial charge in [0.05, 0.1) is 0 Å². The van der Waals surface area contributed by atoms with Crippen molar-refractivity contribution in [3.8, 4) is 0 Å². The molecule has 0 saturated heterocycles. The number of anilines is 1. The standard InChI is InChI=1S/C16H15ClN2O/c1-12-6-8-14(9-7-12)19-16(20)18-11-10-13-4-2-3-5-15(13)17/h2-11H,1H3,(H2,18,19,20)/b11-10+. The lowest BCUT2D eigenvalue weighted by Crippen LogP contribution is -2.23. The molecule has 0 fully saturated rings. The van der Waals surface area contributed by atoms with E-state index < -0.39 is 0 Å². The lowest BCUT2D eigenvalue weighted by atomic mass is 10.2. The molecule has 0 heterocycles. The summed E-state index contributed by atoms with van der Waals surface area (Å²) in [4.78, 5) is 11.7. The predicted molar refractivity (Wildman–Crippen MR) is 83.8 cm³/mol. The number of urea groups is 1. The van der Waals surface area contributed by atoms with Crippen LogP contribution in [0.5, 0.6) is 0 Å². The van der Waals surface area contributed by atoms with Crippen LogP contribution < -0.4 is 10.6 Å². The number of hydrogen-bond acceptors (Lipinski definition) is 1. The second-order valence-electron chi connectivity index (χ2n) is 4.32. The lowest BCUT2D eigenvalue weighted by molar-refractivity contribution is 0.255. The van der Waals surface area contributed by atoms with Crippen molar-refractivity contribution in [3.63, 3.8) is 0 Å². The molecule has 0 unspecified atom stereocenters. The molecule has 0 saturated carbocycles. The Kier molecular flexibility index (Phi) is 4.80. The van der Waals surface area contributed by atoms with Gasteiger partial charge in [-0.2, -0.15) is 0 Å². The van der Waals surface area contributed by atoms with Gasteiger partial charge in [0.1, 0.15) is 0 Å². The van der Waals surface area contributed by atoms with Crippen molar-refractivity contribution < 1.29 is 4.79 Å². The SMILES string of the molecule is Cc1ccc(NC(=O)N/C=C/c2ccccc2Cl)cc1. The van der Waals surface area contributed by atoms with Gasteiger partial charge in [-0.1, -0.05) is 47.5 Å². The maximum Gasteiger partial charge on any atom is 0.323 e. The van der Waals surface area contributed by atoms with E-state index in [0.29, 0.717) is 5.02 Å². The van der Waals surface area contributed by atoms with Crippen molar-refractivity contribution >= 4 is 29.4 Å². The van der Waals surface area contributed by atoms with Gasteiger partial charge in [0, 0.05) is 16.9 Å². The highest BCUT2D eigenvalue weighted by Gasteiger charge is 1.98. The number of nitrogens with one attached hydrogen (secondary N) is 2. The first-order chi connectivity index (χ1) is 9.65. The van der Waals surface area contributed by atoms with E-state index in [9.17, 15) is 4.79 Å². The van der Waals surface area contributed by atoms with Crippen LogP contribution in [0.2, 0.25) is 5.02 Å². The zero-order valence-corrected chi connectivity index (χ0v) is 11.8. The number of hydrogen-bond donors (Lipinski definition) is 2. The molecule has 0 atom stereocenters. The van der Waals surface area contributed by atoms with E-state index in [2.05, 4.69) is 10.6 Å². The second-order valence-corrected chi connectivity index (χ2v) is 4.73. The fourth-order valence-electron chi connectivity index (χ4n) is 1.62. The van der Waals surface area contributed by atoms with Crippen LogP contribution in [-0.4, -0.2) is 6.03 Å². The number of amides is 2. The quantitative estimate of drug-likeness (QED) is 0.860. The minimum Gasteiger partial charge on any atom is -0.314 e. The highest BCUT2D eigenvalue weighted by Crippen LogP contribution is 2.15. The highest BCUT2D eigenvalue weighted by molar-refractivity contribution is 6.32. The summed E-state index contributed by atoms with van der Waals surface area (Å²) in [6.45, 7) is 2.00. The van der Waals surface area contributed by atoms with E-state index in [1.807, 2.05) is 49.4 Å². The minimum atomic E-state index is -0.294. The molecule has 0 aliphatic carbocycles. The first kappa shape index (κ1) is 14.2. The molecule has 0 aliphatic heterocycles. The Morgan fingerprint density at radius 2 is 1.80 bits per heavy atom. The molecule has 2 aromatic carbocycles. The summed E-state index contributed by atoms with van der Waals surface area (Å²) in [7, 11) is 0. The topological polar surface area (TPSA) is 41.1 Å². The van der Waals surface area contributed by atoms with E-state index in [1.54, 1.807) is 18.3 Å². The summed E-state index contributed by atoms with van der Waals surface area (Å²) < 4.78 is 0. The Morgan fingerprint density at radius 3 is 2.50 bits per heavy atom. The Labute approximate surface area is 123 Å². The average Bonchev–Trinajstić information content (AvgIpc) is 2.43. The zero-order chi connectivity index (χ0) is 14.4. The molecule has 0 aromatic heterocycles. The molecule has 2 amide bonds. The summed E-state index contributed by atoms with van der Waals surface area (Å²) >= 11 is 6.00. The number of aryl methyl sites for hydroxylation is 1. The molecule has 0 bridgehead atoms. The summed E-state index contributed by atoms with van der Waals surface area (Å²) in [5, 5.41) is 6.01. The van der Waals surface area contributed by atoms with Crippen LogP contribution in [0, 0.1) is 6.92 Å². The van der Waals surface area contributed by atoms with Crippen molar-refractivity contribution in [1.82, 2.24) is 5.32 Å². The van der Waals surface area contributed by atoms with E-state index in [-0.39, 0.29) is 6.03 Å². The molecular formula is C16H15ClN2O. The van der Waals surface area contributed by atoms with Gasteiger partial charge in [0.25, 0.3) is 0 Å². The van der Waals surface area contributed by atoms with Crippen molar-refractivity contribution in [2.24, 2.45) is 0 Å². The Hall–Kier alpha value is -2.26. The van der Waals surface area contributed by atoms with E-state index in [0.717, 1.165) is 16.8 Å². The monoisotopic (exact) mass is 286 g/mol. The molecule has 0 radical (unpaired) electrons. The molecule has 102 valence electrons. The Bertz CT molecular complexity index is 621. The van der Waals surface area contributed by atoms with Crippen LogP contribution >= 0.6 is 11.6 Å². The molecule has 20 heavy (non-hydrogen) atoms. The van der Waals surface area contributed by atoms with Gasteiger partial charge in [-0.15, -0.1) is 0 Å². The Balaban J connectivity index is 1.89. The third-order valence-electron chi connectivity index (χ3n) is 2.69. The molecule has 2 aromatic rings.